The summed E-state index contributed by atoms with van der Waals surface area (Å²) in [5.41, 5.74) is 0. The number of hydrogen-bond donors (Lipinski definition) is 0. The Morgan fingerprint density at radius 1 is 1.88 bits per heavy atom. The molecule has 3 heteroatoms. The minimum Gasteiger partial charge on any atom is -0.365 e. The summed E-state index contributed by atoms with van der Waals surface area (Å²) in [5.74, 6) is 0. The van der Waals surface area contributed by atoms with E-state index in [4.69, 9.17) is 4.74 Å². The summed E-state index contributed by atoms with van der Waals surface area (Å²) in [4.78, 5) is 4.07. The molecule has 0 N–H and O–H groups in total. The molecule has 1 aromatic heterocycles. The number of hydrogen-bond acceptors (Lipinski definition) is 3. The molecule has 1 saturated heterocycles. The smallest absolute Gasteiger partial charge is 0.132 e. The van der Waals surface area contributed by atoms with Crippen molar-refractivity contribution in [2.75, 3.05) is 6.61 Å². The summed E-state index contributed by atoms with van der Waals surface area (Å²) < 4.78 is 5.00. The second-order valence-electron chi connectivity index (χ2n) is 1.69. The van der Waals surface area contributed by atoms with Crippen molar-refractivity contribution in [2.24, 2.45) is 0 Å². The summed E-state index contributed by atoms with van der Waals surface area (Å²) in [6.45, 7) is 0.869. The summed E-state index contributed by atoms with van der Waals surface area (Å²) in [6, 6.07) is 0. The molecule has 1 aromatic rings. The molecule has 2 rings (SSSR count). The van der Waals surface area contributed by atoms with Gasteiger partial charge in [-0.2, -0.15) is 0 Å². The summed E-state index contributed by atoms with van der Waals surface area (Å²) >= 11 is 1.66. The van der Waals surface area contributed by atoms with Crippen LogP contribution in [0.2, 0.25) is 0 Å². The molecule has 1 atom stereocenters. The third kappa shape index (κ3) is 0.638. The van der Waals surface area contributed by atoms with E-state index in [1.165, 1.54) is 0 Å². The predicted octanol–water partition coefficient (Wildman–Crippen LogP) is 1.21. The van der Waals surface area contributed by atoms with Crippen LogP contribution in [-0.4, -0.2) is 11.6 Å². The van der Waals surface area contributed by atoms with Gasteiger partial charge in [-0.1, -0.05) is 0 Å². The van der Waals surface area contributed by atoms with Crippen molar-refractivity contribution in [3.05, 3.63) is 16.6 Å². The summed E-state index contributed by atoms with van der Waals surface area (Å²) in [6.07, 6.45) is 2.15. The Bertz CT molecular complexity index is 169. The predicted molar refractivity (Wildman–Crippen MR) is 30.8 cm³/mol. The van der Waals surface area contributed by atoms with Gasteiger partial charge < -0.3 is 4.74 Å². The van der Waals surface area contributed by atoms with E-state index < -0.39 is 0 Å². The minimum atomic E-state index is 0.343. The molecule has 0 aliphatic carbocycles. The molecule has 0 amide bonds. The van der Waals surface area contributed by atoms with E-state index in [9.17, 15) is 0 Å². The van der Waals surface area contributed by atoms with Crippen molar-refractivity contribution in [3.8, 4) is 0 Å². The SMILES string of the molecule is c1csc([C@H]2CO2)n1. The van der Waals surface area contributed by atoms with Gasteiger partial charge in [0.05, 0.1) is 6.61 Å². The molecule has 0 spiro atoms. The van der Waals surface area contributed by atoms with Crippen molar-refractivity contribution < 1.29 is 4.74 Å². The molecule has 0 unspecified atom stereocenters. The van der Waals surface area contributed by atoms with E-state index in [1.54, 1.807) is 11.3 Å². The van der Waals surface area contributed by atoms with Gasteiger partial charge in [0.2, 0.25) is 0 Å². The van der Waals surface area contributed by atoms with Crippen LogP contribution in [0.4, 0.5) is 0 Å². The highest BCUT2D eigenvalue weighted by molar-refractivity contribution is 7.09. The molecule has 1 fully saturated rings. The summed E-state index contributed by atoms with van der Waals surface area (Å²) in [5, 5.41) is 3.08. The fraction of sp³-hybridized carbons (Fsp3) is 0.400. The second kappa shape index (κ2) is 1.53. The lowest BCUT2D eigenvalue weighted by molar-refractivity contribution is 0.415. The van der Waals surface area contributed by atoms with E-state index in [2.05, 4.69) is 4.98 Å². The molecule has 0 saturated carbocycles. The van der Waals surface area contributed by atoms with E-state index in [-0.39, 0.29) is 0 Å². The fourth-order valence-corrected chi connectivity index (χ4v) is 1.25. The van der Waals surface area contributed by atoms with Crippen molar-refractivity contribution >= 4 is 11.3 Å². The second-order valence-corrected chi connectivity index (χ2v) is 2.62. The molecular weight excluding hydrogens is 122 g/mol. The van der Waals surface area contributed by atoms with Gasteiger partial charge in [0.15, 0.2) is 0 Å². The maximum absolute atomic E-state index is 5.00. The zero-order valence-electron chi connectivity index (χ0n) is 4.20. The quantitative estimate of drug-likeness (QED) is 0.530. The Hall–Kier alpha value is -0.410. The van der Waals surface area contributed by atoms with E-state index >= 15 is 0 Å². The Morgan fingerprint density at radius 2 is 2.75 bits per heavy atom. The Balaban J connectivity index is 2.28. The summed E-state index contributed by atoms with van der Waals surface area (Å²) in [7, 11) is 0. The van der Waals surface area contributed by atoms with Gasteiger partial charge in [-0.25, -0.2) is 4.98 Å². The van der Waals surface area contributed by atoms with Gasteiger partial charge in [0.25, 0.3) is 0 Å². The Morgan fingerprint density at radius 3 is 3.25 bits per heavy atom. The van der Waals surface area contributed by atoms with Crippen LogP contribution in [-0.2, 0) is 4.74 Å². The van der Waals surface area contributed by atoms with Gasteiger partial charge in [-0.05, 0) is 0 Å². The molecule has 1 aliphatic rings. The first-order valence-corrected chi connectivity index (χ1v) is 3.36. The van der Waals surface area contributed by atoms with Gasteiger partial charge in [-0.3, -0.25) is 0 Å². The van der Waals surface area contributed by atoms with Crippen LogP contribution in [0.3, 0.4) is 0 Å². The Labute approximate surface area is 51.1 Å². The van der Waals surface area contributed by atoms with Crippen molar-refractivity contribution in [2.45, 2.75) is 6.10 Å². The number of thiazole rings is 1. The molecule has 42 valence electrons. The van der Waals surface area contributed by atoms with E-state index in [0.29, 0.717) is 6.10 Å². The zero-order chi connectivity index (χ0) is 5.40. The first-order valence-electron chi connectivity index (χ1n) is 2.48. The highest BCUT2D eigenvalue weighted by Crippen LogP contribution is 2.30. The normalized spacial score (nSPS) is 25.8. The van der Waals surface area contributed by atoms with E-state index in [0.717, 1.165) is 11.6 Å². The van der Waals surface area contributed by atoms with Crippen molar-refractivity contribution in [1.82, 2.24) is 4.98 Å². The molecule has 2 nitrogen and oxygen atoms in total. The number of ether oxygens (including phenoxy) is 1. The van der Waals surface area contributed by atoms with Gasteiger partial charge in [-0.15, -0.1) is 11.3 Å². The largest absolute Gasteiger partial charge is 0.365 e. The maximum atomic E-state index is 5.00. The van der Waals surface area contributed by atoms with Crippen LogP contribution >= 0.6 is 11.3 Å². The van der Waals surface area contributed by atoms with Crippen molar-refractivity contribution in [3.63, 3.8) is 0 Å². The van der Waals surface area contributed by atoms with Gasteiger partial charge >= 0.3 is 0 Å². The lowest BCUT2D eigenvalue weighted by atomic mass is 10.5. The maximum Gasteiger partial charge on any atom is 0.132 e. The van der Waals surface area contributed by atoms with Crippen LogP contribution in [0.5, 0.6) is 0 Å². The average Bonchev–Trinajstić information content (AvgIpc) is 2.49. The lowest BCUT2D eigenvalue weighted by Gasteiger charge is -1.77. The monoisotopic (exact) mass is 127 g/mol. The highest BCUT2D eigenvalue weighted by Gasteiger charge is 2.26. The Kier molecular flexibility index (Phi) is 0.856. The topological polar surface area (TPSA) is 25.4 Å². The van der Waals surface area contributed by atoms with Crippen LogP contribution in [0.1, 0.15) is 11.1 Å². The molecule has 8 heavy (non-hydrogen) atoms. The third-order valence-electron chi connectivity index (χ3n) is 1.06. The number of aromatic nitrogens is 1. The highest BCUT2D eigenvalue weighted by atomic mass is 32.1. The molecule has 1 aliphatic heterocycles. The zero-order valence-corrected chi connectivity index (χ0v) is 5.02. The minimum absolute atomic E-state index is 0.343. The van der Waals surface area contributed by atoms with Crippen molar-refractivity contribution in [1.29, 1.82) is 0 Å². The van der Waals surface area contributed by atoms with Crippen LogP contribution < -0.4 is 0 Å². The standard InChI is InChI=1S/C5H5NOS/c1-2-8-5(6-1)4-3-7-4/h1-2,4H,3H2/t4-/m1/s1. The lowest BCUT2D eigenvalue weighted by Crippen LogP contribution is -1.72. The molecule has 0 bridgehead atoms. The number of nitrogens with zero attached hydrogens (tertiary/aromatic N) is 1. The number of epoxide rings is 1. The molecular formula is C5H5NOS. The molecule has 2 heterocycles. The fourth-order valence-electron chi connectivity index (χ4n) is 0.584. The first kappa shape index (κ1) is 4.47. The third-order valence-corrected chi connectivity index (χ3v) is 1.93. The van der Waals surface area contributed by atoms with Crippen LogP contribution in [0, 0.1) is 0 Å². The average molecular weight is 127 g/mol. The van der Waals surface area contributed by atoms with Crippen LogP contribution in [0.15, 0.2) is 11.6 Å². The van der Waals surface area contributed by atoms with E-state index in [1.807, 2.05) is 11.6 Å². The van der Waals surface area contributed by atoms with Crippen LogP contribution in [0.25, 0.3) is 0 Å². The molecule has 0 aromatic carbocycles. The van der Waals surface area contributed by atoms with Gasteiger partial charge in [0, 0.05) is 11.6 Å². The molecule has 0 radical (unpaired) electrons. The van der Waals surface area contributed by atoms with Gasteiger partial charge in [0.1, 0.15) is 11.1 Å². The first-order chi connectivity index (χ1) is 3.97. The number of rotatable bonds is 1.